The number of halogens is 1. The van der Waals surface area contributed by atoms with Crippen molar-refractivity contribution in [2.75, 3.05) is 12.4 Å². The molecule has 0 aromatic heterocycles. The predicted molar refractivity (Wildman–Crippen MR) is 69.1 cm³/mol. The van der Waals surface area contributed by atoms with Crippen molar-refractivity contribution in [1.82, 2.24) is 0 Å². The van der Waals surface area contributed by atoms with Gasteiger partial charge in [-0.05, 0) is 42.0 Å². The Labute approximate surface area is 101 Å². The fraction of sp³-hybridized carbons (Fsp3) is 0.538. The van der Waals surface area contributed by atoms with Crippen LogP contribution in [0.3, 0.4) is 0 Å². The lowest BCUT2D eigenvalue weighted by molar-refractivity contribution is 0.414. The van der Waals surface area contributed by atoms with Crippen LogP contribution in [0.2, 0.25) is 0 Å². The van der Waals surface area contributed by atoms with Crippen molar-refractivity contribution in [3.8, 4) is 5.75 Å². The maximum atomic E-state index is 5.21. The standard InChI is InChI=1S/C13H19BrO/c1-9-7-12(15-4)5-6-13(9)11(3)10(2)8-14/h5-7,10-11H,8H2,1-4H3. The minimum atomic E-state index is 0.579. The number of alkyl halides is 1. The molecule has 0 aliphatic heterocycles. The number of rotatable bonds is 4. The van der Waals surface area contributed by atoms with Crippen LogP contribution < -0.4 is 4.74 Å². The quantitative estimate of drug-likeness (QED) is 0.748. The zero-order valence-corrected chi connectivity index (χ0v) is 11.5. The molecule has 2 atom stereocenters. The van der Waals surface area contributed by atoms with Gasteiger partial charge in [-0.2, -0.15) is 0 Å². The molecule has 0 amide bonds. The summed E-state index contributed by atoms with van der Waals surface area (Å²) in [6.45, 7) is 6.69. The molecule has 0 aliphatic rings. The molecule has 84 valence electrons. The molecule has 1 aromatic rings. The minimum absolute atomic E-state index is 0.579. The first kappa shape index (κ1) is 12.6. The Hall–Kier alpha value is -0.500. The van der Waals surface area contributed by atoms with E-state index in [0.717, 1.165) is 11.1 Å². The summed E-state index contributed by atoms with van der Waals surface area (Å²) in [5.74, 6) is 2.17. The van der Waals surface area contributed by atoms with Gasteiger partial charge in [0, 0.05) is 5.33 Å². The molecule has 0 heterocycles. The largest absolute Gasteiger partial charge is 0.497 e. The van der Waals surface area contributed by atoms with Gasteiger partial charge in [-0.15, -0.1) is 0 Å². The van der Waals surface area contributed by atoms with E-state index >= 15 is 0 Å². The highest BCUT2D eigenvalue weighted by molar-refractivity contribution is 9.09. The number of hydrogen-bond donors (Lipinski definition) is 0. The summed E-state index contributed by atoms with van der Waals surface area (Å²) in [5, 5.41) is 1.04. The lowest BCUT2D eigenvalue weighted by Gasteiger charge is -2.20. The lowest BCUT2D eigenvalue weighted by atomic mass is 9.87. The number of ether oxygens (including phenoxy) is 1. The second-order valence-electron chi connectivity index (χ2n) is 4.14. The number of methoxy groups -OCH3 is 1. The van der Waals surface area contributed by atoms with Crippen LogP contribution in [0.5, 0.6) is 5.75 Å². The van der Waals surface area contributed by atoms with E-state index in [1.807, 2.05) is 6.07 Å². The molecule has 2 heteroatoms. The summed E-state index contributed by atoms with van der Waals surface area (Å²) < 4.78 is 5.21. The first-order valence-corrected chi connectivity index (χ1v) is 6.42. The maximum absolute atomic E-state index is 5.21. The summed E-state index contributed by atoms with van der Waals surface area (Å²) in [6.07, 6.45) is 0. The normalized spacial score (nSPS) is 14.7. The van der Waals surface area contributed by atoms with Crippen LogP contribution in [0.1, 0.15) is 30.9 Å². The first-order valence-electron chi connectivity index (χ1n) is 5.30. The van der Waals surface area contributed by atoms with Crippen molar-refractivity contribution in [3.63, 3.8) is 0 Å². The molecule has 0 radical (unpaired) electrons. The van der Waals surface area contributed by atoms with Crippen LogP contribution in [0.15, 0.2) is 18.2 Å². The SMILES string of the molecule is COc1ccc(C(C)C(C)CBr)c(C)c1. The molecule has 0 saturated carbocycles. The Morgan fingerprint density at radius 2 is 2.00 bits per heavy atom. The van der Waals surface area contributed by atoms with Crippen molar-refractivity contribution in [2.45, 2.75) is 26.7 Å². The van der Waals surface area contributed by atoms with Crippen LogP contribution in [0.4, 0.5) is 0 Å². The fourth-order valence-corrected chi connectivity index (χ4v) is 2.29. The molecule has 0 N–H and O–H groups in total. The Morgan fingerprint density at radius 3 is 2.47 bits per heavy atom. The molecule has 1 rings (SSSR count). The zero-order chi connectivity index (χ0) is 11.4. The maximum Gasteiger partial charge on any atom is 0.119 e. The van der Waals surface area contributed by atoms with E-state index < -0.39 is 0 Å². The average molecular weight is 271 g/mol. The highest BCUT2D eigenvalue weighted by Gasteiger charge is 2.15. The minimum Gasteiger partial charge on any atom is -0.497 e. The van der Waals surface area contributed by atoms with E-state index in [1.54, 1.807) is 7.11 Å². The molecular formula is C13H19BrO. The highest BCUT2D eigenvalue weighted by Crippen LogP contribution is 2.29. The summed E-state index contributed by atoms with van der Waals surface area (Å²) >= 11 is 3.54. The Morgan fingerprint density at radius 1 is 1.33 bits per heavy atom. The summed E-state index contributed by atoms with van der Waals surface area (Å²) in [6, 6.07) is 6.32. The van der Waals surface area contributed by atoms with E-state index in [-0.39, 0.29) is 0 Å². The van der Waals surface area contributed by atoms with Gasteiger partial charge < -0.3 is 4.74 Å². The van der Waals surface area contributed by atoms with Gasteiger partial charge in [0.15, 0.2) is 0 Å². The zero-order valence-electron chi connectivity index (χ0n) is 9.88. The summed E-state index contributed by atoms with van der Waals surface area (Å²) in [7, 11) is 1.71. The molecule has 0 spiro atoms. The van der Waals surface area contributed by atoms with Gasteiger partial charge in [-0.1, -0.05) is 35.8 Å². The molecule has 0 saturated heterocycles. The second-order valence-corrected chi connectivity index (χ2v) is 4.79. The molecule has 0 aliphatic carbocycles. The van der Waals surface area contributed by atoms with Gasteiger partial charge in [0.05, 0.1) is 7.11 Å². The van der Waals surface area contributed by atoms with E-state index in [1.165, 1.54) is 11.1 Å². The van der Waals surface area contributed by atoms with Gasteiger partial charge in [0.1, 0.15) is 5.75 Å². The molecule has 0 bridgehead atoms. The predicted octanol–water partition coefficient (Wildman–Crippen LogP) is 4.14. The average Bonchev–Trinajstić information content (AvgIpc) is 2.26. The molecule has 15 heavy (non-hydrogen) atoms. The van der Waals surface area contributed by atoms with Crippen LogP contribution >= 0.6 is 15.9 Å². The third kappa shape index (κ3) is 2.97. The van der Waals surface area contributed by atoms with Crippen molar-refractivity contribution in [2.24, 2.45) is 5.92 Å². The van der Waals surface area contributed by atoms with Crippen LogP contribution in [0.25, 0.3) is 0 Å². The molecule has 1 aromatic carbocycles. The van der Waals surface area contributed by atoms with Crippen LogP contribution in [0, 0.1) is 12.8 Å². The monoisotopic (exact) mass is 270 g/mol. The van der Waals surface area contributed by atoms with Crippen molar-refractivity contribution in [3.05, 3.63) is 29.3 Å². The Bertz CT molecular complexity index is 322. The third-order valence-electron chi connectivity index (χ3n) is 3.06. The first-order chi connectivity index (χ1) is 7.10. The Balaban J connectivity index is 2.95. The van der Waals surface area contributed by atoms with Gasteiger partial charge in [-0.25, -0.2) is 0 Å². The number of aryl methyl sites for hydroxylation is 1. The van der Waals surface area contributed by atoms with Crippen molar-refractivity contribution >= 4 is 15.9 Å². The molecule has 1 nitrogen and oxygen atoms in total. The van der Waals surface area contributed by atoms with E-state index in [0.29, 0.717) is 11.8 Å². The fourth-order valence-electron chi connectivity index (χ4n) is 1.73. The van der Waals surface area contributed by atoms with E-state index in [2.05, 4.69) is 48.8 Å². The molecular weight excluding hydrogens is 252 g/mol. The van der Waals surface area contributed by atoms with Crippen molar-refractivity contribution < 1.29 is 4.74 Å². The highest BCUT2D eigenvalue weighted by atomic mass is 79.9. The summed E-state index contributed by atoms with van der Waals surface area (Å²) in [4.78, 5) is 0. The second kappa shape index (κ2) is 5.55. The van der Waals surface area contributed by atoms with Crippen LogP contribution in [-0.4, -0.2) is 12.4 Å². The van der Waals surface area contributed by atoms with Gasteiger partial charge in [-0.3, -0.25) is 0 Å². The third-order valence-corrected chi connectivity index (χ3v) is 4.09. The Kier molecular flexibility index (Phi) is 4.65. The number of hydrogen-bond acceptors (Lipinski definition) is 1. The van der Waals surface area contributed by atoms with Crippen molar-refractivity contribution in [1.29, 1.82) is 0 Å². The molecule has 2 unspecified atom stereocenters. The van der Waals surface area contributed by atoms with Gasteiger partial charge in [0.25, 0.3) is 0 Å². The lowest BCUT2D eigenvalue weighted by Crippen LogP contribution is -2.08. The summed E-state index contributed by atoms with van der Waals surface area (Å²) in [5.41, 5.74) is 2.73. The smallest absolute Gasteiger partial charge is 0.119 e. The van der Waals surface area contributed by atoms with Gasteiger partial charge >= 0.3 is 0 Å². The van der Waals surface area contributed by atoms with E-state index in [9.17, 15) is 0 Å². The topological polar surface area (TPSA) is 9.23 Å². The number of benzene rings is 1. The molecule has 0 fully saturated rings. The van der Waals surface area contributed by atoms with Crippen LogP contribution in [-0.2, 0) is 0 Å². The van der Waals surface area contributed by atoms with E-state index in [4.69, 9.17) is 4.74 Å². The van der Waals surface area contributed by atoms with Gasteiger partial charge in [0.2, 0.25) is 0 Å².